The van der Waals surface area contributed by atoms with Crippen molar-refractivity contribution in [2.75, 3.05) is 10.7 Å². The average molecular weight is 251 g/mol. The number of nitrogens with zero attached hydrogens (tertiary/aromatic N) is 2. The third-order valence-corrected chi connectivity index (χ3v) is 3.13. The van der Waals surface area contributed by atoms with Crippen LogP contribution in [0.5, 0.6) is 0 Å². The minimum Gasteiger partial charge on any atom is -0.367 e. The summed E-state index contributed by atoms with van der Waals surface area (Å²) < 4.78 is 0. The Morgan fingerprint density at radius 2 is 1.72 bits per heavy atom. The van der Waals surface area contributed by atoms with Crippen LogP contribution < -0.4 is 16.6 Å². The second kappa shape index (κ2) is 7.16. The van der Waals surface area contributed by atoms with Gasteiger partial charge in [-0.1, -0.05) is 20.8 Å². The molecule has 0 unspecified atom stereocenters. The highest BCUT2D eigenvalue weighted by Gasteiger charge is 2.12. The molecular formula is C13H25N5. The van der Waals surface area contributed by atoms with Gasteiger partial charge in [-0.3, -0.25) is 0 Å². The van der Waals surface area contributed by atoms with Gasteiger partial charge in [0.1, 0.15) is 17.5 Å². The van der Waals surface area contributed by atoms with Crippen molar-refractivity contribution in [2.24, 2.45) is 5.84 Å². The molecule has 102 valence electrons. The summed E-state index contributed by atoms with van der Waals surface area (Å²) in [4.78, 5) is 9.00. The molecule has 0 aromatic carbocycles. The van der Waals surface area contributed by atoms with Gasteiger partial charge in [0.2, 0.25) is 0 Å². The van der Waals surface area contributed by atoms with Crippen LogP contribution in [0.4, 0.5) is 11.6 Å². The van der Waals surface area contributed by atoms with E-state index in [0.717, 1.165) is 42.9 Å². The lowest BCUT2D eigenvalue weighted by atomic mass is 10.1. The van der Waals surface area contributed by atoms with Crippen LogP contribution in [0.3, 0.4) is 0 Å². The van der Waals surface area contributed by atoms with Gasteiger partial charge >= 0.3 is 0 Å². The molecule has 0 radical (unpaired) electrons. The number of aryl methyl sites for hydroxylation is 1. The zero-order chi connectivity index (χ0) is 13.5. The van der Waals surface area contributed by atoms with Crippen LogP contribution in [-0.4, -0.2) is 16.0 Å². The van der Waals surface area contributed by atoms with Crippen molar-refractivity contribution in [1.29, 1.82) is 0 Å². The molecule has 0 saturated heterocycles. The largest absolute Gasteiger partial charge is 0.367 e. The van der Waals surface area contributed by atoms with E-state index in [2.05, 4.69) is 41.5 Å². The van der Waals surface area contributed by atoms with Gasteiger partial charge in [-0.15, -0.1) is 0 Å². The highest BCUT2D eigenvalue weighted by Crippen LogP contribution is 2.21. The predicted octanol–water partition coefficient (Wildman–Crippen LogP) is 2.62. The summed E-state index contributed by atoms with van der Waals surface area (Å²) in [7, 11) is 0. The summed E-state index contributed by atoms with van der Waals surface area (Å²) in [5.41, 5.74) is 3.63. The highest BCUT2D eigenvalue weighted by atomic mass is 15.3. The number of aromatic nitrogens is 2. The van der Waals surface area contributed by atoms with Gasteiger partial charge in [0.05, 0.1) is 0 Å². The molecule has 1 heterocycles. The minimum absolute atomic E-state index is 0.443. The summed E-state index contributed by atoms with van der Waals surface area (Å²) in [5, 5.41) is 3.47. The fourth-order valence-corrected chi connectivity index (χ4v) is 1.87. The maximum atomic E-state index is 5.51. The zero-order valence-electron chi connectivity index (χ0n) is 11.9. The lowest BCUT2D eigenvalue weighted by Crippen LogP contribution is -2.21. The molecule has 1 aromatic heterocycles. The first kappa shape index (κ1) is 14.7. The molecule has 0 bridgehead atoms. The van der Waals surface area contributed by atoms with Gasteiger partial charge in [0.15, 0.2) is 0 Å². The van der Waals surface area contributed by atoms with Gasteiger partial charge < -0.3 is 10.7 Å². The molecule has 0 amide bonds. The van der Waals surface area contributed by atoms with Gasteiger partial charge in [0.25, 0.3) is 0 Å². The molecule has 0 saturated carbocycles. The fourth-order valence-electron chi connectivity index (χ4n) is 1.87. The molecular weight excluding hydrogens is 226 g/mol. The monoisotopic (exact) mass is 251 g/mol. The predicted molar refractivity (Wildman–Crippen MR) is 76.6 cm³/mol. The Hall–Kier alpha value is -1.36. The Bertz CT molecular complexity index is 374. The summed E-state index contributed by atoms with van der Waals surface area (Å²) in [6.07, 6.45) is 4.05. The number of anilines is 2. The number of hydrogen-bond donors (Lipinski definition) is 3. The van der Waals surface area contributed by atoms with E-state index in [1.807, 2.05) is 6.92 Å². The van der Waals surface area contributed by atoms with E-state index in [-0.39, 0.29) is 0 Å². The van der Waals surface area contributed by atoms with Crippen LogP contribution in [0.1, 0.15) is 51.4 Å². The molecule has 0 aliphatic carbocycles. The van der Waals surface area contributed by atoms with Gasteiger partial charge in [-0.2, -0.15) is 0 Å². The van der Waals surface area contributed by atoms with Gasteiger partial charge in [-0.05, 0) is 26.2 Å². The van der Waals surface area contributed by atoms with E-state index in [0.29, 0.717) is 11.9 Å². The second-order valence-corrected chi connectivity index (χ2v) is 4.51. The molecule has 1 rings (SSSR count). The fraction of sp³-hybridized carbons (Fsp3) is 0.692. The zero-order valence-corrected chi connectivity index (χ0v) is 11.9. The Morgan fingerprint density at radius 3 is 2.22 bits per heavy atom. The molecule has 18 heavy (non-hydrogen) atoms. The molecule has 0 aliphatic rings. The number of nitrogens with one attached hydrogen (secondary N) is 2. The third kappa shape index (κ3) is 3.57. The van der Waals surface area contributed by atoms with Gasteiger partial charge in [-0.25, -0.2) is 15.8 Å². The Morgan fingerprint density at radius 1 is 1.11 bits per heavy atom. The highest BCUT2D eigenvalue weighted by molar-refractivity contribution is 5.57. The van der Waals surface area contributed by atoms with E-state index in [4.69, 9.17) is 5.84 Å². The maximum Gasteiger partial charge on any atom is 0.148 e. The molecule has 0 atom stereocenters. The third-order valence-electron chi connectivity index (χ3n) is 3.13. The van der Waals surface area contributed by atoms with Crippen LogP contribution in [0, 0.1) is 6.92 Å². The molecule has 5 heteroatoms. The molecule has 0 fully saturated rings. The van der Waals surface area contributed by atoms with Crippen molar-refractivity contribution in [2.45, 2.75) is 59.4 Å². The summed E-state index contributed by atoms with van der Waals surface area (Å²) in [6.45, 7) is 8.45. The second-order valence-electron chi connectivity index (χ2n) is 4.51. The molecule has 4 N–H and O–H groups in total. The lowest BCUT2D eigenvalue weighted by Gasteiger charge is -2.19. The SMILES string of the molecule is CCCc1nc(NN)c(C)c(NC(CC)CC)n1. The van der Waals surface area contributed by atoms with Crippen LogP contribution in [0.25, 0.3) is 0 Å². The summed E-state index contributed by atoms with van der Waals surface area (Å²) >= 11 is 0. The number of hydrazine groups is 1. The van der Waals surface area contributed by atoms with Crippen molar-refractivity contribution >= 4 is 11.6 Å². The van der Waals surface area contributed by atoms with Crippen molar-refractivity contribution in [1.82, 2.24) is 9.97 Å². The van der Waals surface area contributed by atoms with E-state index in [1.165, 1.54) is 0 Å². The number of nitrogens with two attached hydrogens (primary N) is 1. The standard InChI is InChI=1S/C13H25N5/c1-5-8-11-16-12(15-10(6-2)7-3)9(4)13(17-11)18-14/h10H,5-8,14H2,1-4H3,(H2,15,16,17,18). The Balaban J connectivity index is 3.03. The summed E-state index contributed by atoms with van der Waals surface area (Å²) in [5.74, 6) is 7.96. The molecule has 5 nitrogen and oxygen atoms in total. The van der Waals surface area contributed by atoms with Crippen molar-refractivity contribution in [3.8, 4) is 0 Å². The number of nitrogen functional groups attached to an aromatic ring is 1. The Labute approximate surface area is 110 Å². The first-order chi connectivity index (χ1) is 8.65. The van der Waals surface area contributed by atoms with Crippen molar-refractivity contribution in [3.63, 3.8) is 0 Å². The van der Waals surface area contributed by atoms with Crippen molar-refractivity contribution in [3.05, 3.63) is 11.4 Å². The first-order valence-corrected chi connectivity index (χ1v) is 6.76. The molecule has 1 aromatic rings. The Kier molecular flexibility index (Phi) is 5.85. The normalized spacial score (nSPS) is 10.8. The average Bonchev–Trinajstić information content (AvgIpc) is 2.39. The van der Waals surface area contributed by atoms with E-state index >= 15 is 0 Å². The van der Waals surface area contributed by atoms with Crippen LogP contribution in [0.15, 0.2) is 0 Å². The van der Waals surface area contributed by atoms with Crippen LogP contribution in [-0.2, 0) is 6.42 Å². The van der Waals surface area contributed by atoms with E-state index in [1.54, 1.807) is 0 Å². The maximum absolute atomic E-state index is 5.51. The topological polar surface area (TPSA) is 75.9 Å². The minimum atomic E-state index is 0.443. The molecule has 0 spiro atoms. The first-order valence-electron chi connectivity index (χ1n) is 6.76. The van der Waals surface area contributed by atoms with E-state index in [9.17, 15) is 0 Å². The quantitative estimate of drug-likeness (QED) is 0.513. The smallest absolute Gasteiger partial charge is 0.148 e. The number of hydrogen-bond acceptors (Lipinski definition) is 5. The lowest BCUT2D eigenvalue weighted by molar-refractivity contribution is 0.665. The van der Waals surface area contributed by atoms with Gasteiger partial charge in [0, 0.05) is 18.0 Å². The summed E-state index contributed by atoms with van der Waals surface area (Å²) in [6, 6.07) is 0.443. The number of rotatable bonds is 7. The molecule has 0 aliphatic heterocycles. The van der Waals surface area contributed by atoms with Crippen LogP contribution in [0.2, 0.25) is 0 Å². The van der Waals surface area contributed by atoms with E-state index < -0.39 is 0 Å². The van der Waals surface area contributed by atoms with Crippen molar-refractivity contribution < 1.29 is 0 Å². The van der Waals surface area contributed by atoms with Crippen LogP contribution >= 0.6 is 0 Å².